The molecular formula is C15H29NO2S. The number of hydrogen-bond donors (Lipinski definition) is 1. The Balaban J connectivity index is 1.61. The SMILES string of the molecule is COCCNCCCC1CCOC2(CCSCC2)C1. The van der Waals surface area contributed by atoms with Crippen molar-refractivity contribution in [1.82, 2.24) is 5.32 Å². The maximum Gasteiger partial charge on any atom is 0.0700 e. The summed E-state index contributed by atoms with van der Waals surface area (Å²) in [5.74, 6) is 3.48. The van der Waals surface area contributed by atoms with Gasteiger partial charge in [-0.05, 0) is 62.5 Å². The van der Waals surface area contributed by atoms with Crippen LogP contribution in [0, 0.1) is 5.92 Å². The molecule has 0 aliphatic carbocycles. The van der Waals surface area contributed by atoms with Crippen molar-refractivity contribution in [2.24, 2.45) is 5.92 Å². The maximum atomic E-state index is 6.15. The molecule has 2 aliphatic heterocycles. The van der Waals surface area contributed by atoms with E-state index in [1.807, 2.05) is 0 Å². The Labute approximate surface area is 122 Å². The van der Waals surface area contributed by atoms with Crippen LogP contribution >= 0.6 is 11.8 Å². The Morgan fingerprint density at radius 3 is 2.95 bits per heavy atom. The Hall–Kier alpha value is 0.230. The van der Waals surface area contributed by atoms with Crippen molar-refractivity contribution in [3.63, 3.8) is 0 Å². The van der Waals surface area contributed by atoms with Crippen LogP contribution in [0.15, 0.2) is 0 Å². The third-order valence-corrected chi connectivity index (χ3v) is 5.43. The van der Waals surface area contributed by atoms with Crippen LogP contribution in [0.5, 0.6) is 0 Å². The van der Waals surface area contributed by atoms with Gasteiger partial charge in [-0.15, -0.1) is 0 Å². The smallest absolute Gasteiger partial charge is 0.0700 e. The van der Waals surface area contributed by atoms with Gasteiger partial charge in [0.15, 0.2) is 0 Å². The number of thioether (sulfide) groups is 1. The summed E-state index contributed by atoms with van der Waals surface area (Å²) < 4.78 is 11.2. The largest absolute Gasteiger partial charge is 0.383 e. The Morgan fingerprint density at radius 2 is 2.16 bits per heavy atom. The number of ether oxygens (including phenoxy) is 2. The summed E-state index contributed by atoms with van der Waals surface area (Å²) in [5, 5.41) is 3.44. The number of hydrogen-bond acceptors (Lipinski definition) is 4. The molecule has 3 nitrogen and oxygen atoms in total. The van der Waals surface area contributed by atoms with Gasteiger partial charge in [0.2, 0.25) is 0 Å². The second kappa shape index (κ2) is 8.50. The first kappa shape index (κ1) is 15.6. The molecule has 0 bridgehead atoms. The number of rotatable bonds is 7. The van der Waals surface area contributed by atoms with E-state index in [1.165, 1.54) is 50.0 Å². The molecule has 0 aromatic rings. The summed E-state index contributed by atoms with van der Waals surface area (Å²) in [7, 11) is 1.76. The van der Waals surface area contributed by atoms with Crippen LogP contribution in [0.3, 0.4) is 0 Å². The van der Waals surface area contributed by atoms with Crippen LogP contribution in [-0.2, 0) is 9.47 Å². The highest BCUT2D eigenvalue weighted by molar-refractivity contribution is 7.99. The molecule has 1 spiro atoms. The second-order valence-corrected chi connectivity index (χ2v) is 7.11. The molecule has 0 radical (unpaired) electrons. The van der Waals surface area contributed by atoms with Crippen molar-refractivity contribution in [2.45, 2.75) is 44.1 Å². The second-order valence-electron chi connectivity index (χ2n) is 5.89. The van der Waals surface area contributed by atoms with Gasteiger partial charge in [-0.25, -0.2) is 0 Å². The molecule has 2 saturated heterocycles. The molecule has 4 heteroatoms. The molecule has 1 unspecified atom stereocenters. The van der Waals surface area contributed by atoms with Crippen molar-refractivity contribution in [1.29, 1.82) is 0 Å². The molecule has 19 heavy (non-hydrogen) atoms. The summed E-state index contributed by atoms with van der Waals surface area (Å²) in [5.41, 5.74) is 0.262. The van der Waals surface area contributed by atoms with Crippen molar-refractivity contribution in [3.8, 4) is 0 Å². The minimum absolute atomic E-state index is 0.262. The minimum atomic E-state index is 0.262. The minimum Gasteiger partial charge on any atom is -0.383 e. The lowest BCUT2D eigenvalue weighted by molar-refractivity contribution is -0.103. The predicted molar refractivity (Wildman–Crippen MR) is 81.9 cm³/mol. The molecule has 1 atom stereocenters. The van der Waals surface area contributed by atoms with Crippen LogP contribution in [-0.4, -0.2) is 50.5 Å². The average molecular weight is 287 g/mol. The van der Waals surface area contributed by atoms with E-state index < -0.39 is 0 Å². The highest BCUT2D eigenvalue weighted by Gasteiger charge is 2.38. The van der Waals surface area contributed by atoms with Crippen LogP contribution in [0.4, 0.5) is 0 Å². The van der Waals surface area contributed by atoms with Crippen molar-refractivity contribution in [3.05, 3.63) is 0 Å². The molecule has 0 aromatic heterocycles. The monoisotopic (exact) mass is 287 g/mol. The van der Waals surface area contributed by atoms with E-state index in [2.05, 4.69) is 17.1 Å². The number of nitrogens with one attached hydrogen (secondary N) is 1. The summed E-state index contributed by atoms with van der Waals surface area (Å²) in [6, 6.07) is 0. The lowest BCUT2D eigenvalue weighted by atomic mass is 9.80. The van der Waals surface area contributed by atoms with Gasteiger partial charge in [-0.1, -0.05) is 0 Å². The lowest BCUT2D eigenvalue weighted by Crippen LogP contribution is -2.42. The topological polar surface area (TPSA) is 30.5 Å². The first-order chi connectivity index (χ1) is 9.35. The highest BCUT2D eigenvalue weighted by Crippen LogP contribution is 2.40. The Bertz CT molecular complexity index is 239. The molecule has 2 rings (SSSR count). The van der Waals surface area contributed by atoms with Gasteiger partial charge < -0.3 is 14.8 Å². The third-order valence-electron chi connectivity index (χ3n) is 4.45. The van der Waals surface area contributed by atoms with Crippen LogP contribution in [0.25, 0.3) is 0 Å². The van der Waals surface area contributed by atoms with Crippen molar-refractivity contribution in [2.75, 3.05) is 44.9 Å². The molecule has 0 saturated carbocycles. The highest BCUT2D eigenvalue weighted by atomic mass is 32.2. The lowest BCUT2D eigenvalue weighted by Gasteiger charge is -2.43. The first-order valence-electron chi connectivity index (χ1n) is 7.76. The normalized spacial score (nSPS) is 26.7. The third kappa shape index (κ3) is 5.25. The molecule has 2 aliphatic rings. The van der Waals surface area contributed by atoms with Gasteiger partial charge in [0.1, 0.15) is 0 Å². The van der Waals surface area contributed by atoms with E-state index in [0.29, 0.717) is 0 Å². The summed E-state index contributed by atoms with van der Waals surface area (Å²) in [4.78, 5) is 0. The summed E-state index contributed by atoms with van der Waals surface area (Å²) in [6.45, 7) is 3.92. The molecule has 1 N–H and O–H groups in total. The molecule has 0 aromatic carbocycles. The quantitative estimate of drug-likeness (QED) is 0.729. The fourth-order valence-electron chi connectivity index (χ4n) is 3.28. The van der Waals surface area contributed by atoms with Crippen LogP contribution in [0.2, 0.25) is 0 Å². The van der Waals surface area contributed by atoms with E-state index in [-0.39, 0.29) is 5.60 Å². The van der Waals surface area contributed by atoms with Gasteiger partial charge in [-0.2, -0.15) is 11.8 Å². The van der Waals surface area contributed by atoms with Crippen LogP contribution < -0.4 is 5.32 Å². The zero-order valence-corrected chi connectivity index (χ0v) is 13.1. The van der Waals surface area contributed by atoms with Gasteiger partial charge in [0, 0.05) is 20.3 Å². The first-order valence-corrected chi connectivity index (χ1v) is 8.91. The summed E-state index contributed by atoms with van der Waals surface area (Å²) >= 11 is 2.09. The fraction of sp³-hybridized carbons (Fsp3) is 1.00. The van der Waals surface area contributed by atoms with Gasteiger partial charge >= 0.3 is 0 Å². The van der Waals surface area contributed by atoms with Gasteiger partial charge in [-0.3, -0.25) is 0 Å². The average Bonchev–Trinajstić information content (AvgIpc) is 2.44. The van der Waals surface area contributed by atoms with Crippen molar-refractivity contribution >= 4 is 11.8 Å². The zero-order valence-electron chi connectivity index (χ0n) is 12.3. The Morgan fingerprint density at radius 1 is 1.32 bits per heavy atom. The fourth-order valence-corrected chi connectivity index (χ4v) is 4.52. The van der Waals surface area contributed by atoms with Gasteiger partial charge in [0.05, 0.1) is 12.2 Å². The molecule has 2 heterocycles. The molecule has 2 fully saturated rings. The molecule has 0 amide bonds. The van der Waals surface area contributed by atoms with E-state index >= 15 is 0 Å². The van der Waals surface area contributed by atoms with E-state index in [9.17, 15) is 0 Å². The predicted octanol–water partition coefficient (Wildman–Crippen LogP) is 2.70. The van der Waals surface area contributed by atoms with Crippen LogP contribution in [0.1, 0.15) is 38.5 Å². The summed E-state index contributed by atoms with van der Waals surface area (Å²) in [6.07, 6.45) is 7.79. The maximum absolute atomic E-state index is 6.15. The van der Waals surface area contributed by atoms with E-state index in [0.717, 1.165) is 32.2 Å². The Kier molecular flexibility index (Phi) is 6.99. The molecule has 112 valence electrons. The standard InChI is InChI=1S/C15H29NO2S/c1-17-10-8-16-7-2-3-14-4-9-18-15(13-14)5-11-19-12-6-15/h14,16H,2-13H2,1H3. The zero-order chi connectivity index (χ0) is 13.4. The molecular weight excluding hydrogens is 258 g/mol. The van der Waals surface area contributed by atoms with E-state index in [1.54, 1.807) is 7.11 Å². The van der Waals surface area contributed by atoms with Crippen molar-refractivity contribution < 1.29 is 9.47 Å². The van der Waals surface area contributed by atoms with Gasteiger partial charge in [0.25, 0.3) is 0 Å². The van der Waals surface area contributed by atoms with E-state index in [4.69, 9.17) is 9.47 Å². The number of methoxy groups -OCH3 is 1.